The summed E-state index contributed by atoms with van der Waals surface area (Å²) in [6.45, 7) is 1.52. The van der Waals surface area contributed by atoms with Crippen LogP contribution < -0.4 is 10.1 Å². The average Bonchev–Trinajstić information content (AvgIpc) is 2.54. The molecule has 0 saturated carbocycles. The summed E-state index contributed by atoms with van der Waals surface area (Å²) in [5.41, 5.74) is 3.00. The SMILES string of the molecule is COc1ccc(-c2cccc3cccc(NC(C)=O)c23)cc1. The van der Waals surface area contributed by atoms with Gasteiger partial charge >= 0.3 is 0 Å². The zero-order valence-electron chi connectivity index (χ0n) is 12.6. The Morgan fingerprint density at radius 1 is 0.955 bits per heavy atom. The van der Waals surface area contributed by atoms with Crippen LogP contribution in [-0.4, -0.2) is 13.0 Å². The summed E-state index contributed by atoms with van der Waals surface area (Å²) >= 11 is 0. The van der Waals surface area contributed by atoms with Gasteiger partial charge in [-0.1, -0.05) is 42.5 Å². The van der Waals surface area contributed by atoms with E-state index in [1.54, 1.807) is 7.11 Å². The number of carbonyl (C=O) groups is 1. The van der Waals surface area contributed by atoms with Crippen LogP contribution in [0.5, 0.6) is 5.75 Å². The maximum Gasteiger partial charge on any atom is 0.221 e. The largest absolute Gasteiger partial charge is 0.497 e. The topological polar surface area (TPSA) is 38.3 Å². The second-order valence-corrected chi connectivity index (χ2v) is 5.12. The summed E-state index contributed by atoms with van der Waals surface area (Å²) in [5.74, 6) is 0.753. The van der Waals surface area contributed by atoms with Gasteiger partial charge in [-0.3, -0.25) is 4.79 Å². The van der Waals surface area contributed by atoms with E-state index in [0.717, 1.165) is 33.3 Å². The summed E-state index contributed by atoms with van der Waals surface area (Å²) < 4.78 is 5.21. The quantitative estimate of drug-likeness (QED) is 0.773. The highest BCUT2D eigenvalue weighted by molar-refractivity contribution is 6.08. The minimum absolute atomic E-state index is 0.0722. The van der Waals surface area contributed by atoms with Gasteiger partial charge in [-0.15, -0.1) is 0 Å². The molecule has 0 heterocycles. The normalized spacial score (nSPS) is 10.5. The van der Waals surface area contributed by atoms with Gasteiger partial charge in [0, 0.05) is 18.0 Å². The van der Waals surface area contributed by atoms with Gasteiger partial charge in [0.15, 0.2) is 0 Å². The molecule has 110 valence electrons. The third-order valence-corrected chi connectivity index (χ3v) is 3.62. The van der Waals surface area contributed by atoms with E-state index in [9.17, 15) is 4.79 Å². The number of amides is 1. The van der Waals surface area contributed by atoms with E-state index >= 15 is 0 Å². The van der Waals surface area contributed by atoms with Crippen LogP contribution in [0.15, 0.2) is 60.7 Å². The highest BCUT2D eigenvalue weighted by Gasteiger charge is 2.09. The number of ether oxygens (including phenoxy) is 1. The molecule has 0 aromatic heterocycles. The van der Waals surface area contributed by atoms with Gasteiger partial charge in [-0.05, 0) is 34.7 Å². The van der Waals surface area contributed by atoms with Crippen molar-refractivity contribution in [3.63, 3.8) is 0 Å². The molecule has 3 nitrogen and oxygen atoms in total. The van der Waals surface area contributed by atoms with Gasteiger partial charge in [0.05, 0.1) is 7.11 Å². The third kappa shape index (κ3) is 2.66. The van der Waals surface area contributed by atoms with Crippen molar-refractivity contribution in [2.45, 2.75) is 6.92 Å². The van der Waals surface area contributed by atoms with E-state index in [0.29, 0.717) is 0 Å². The lowest BCUT2D eigenvalue weighted by atomic mass is 9.97. The summed E-state index contributed by atoms with van der Waals surface area (Å²) in [6.07, 6.45) is 0. The number of rotatable bonds is 3. The van der Waals surface area contributed by atoms with Crippen molar-refractivity contribution >= 4 is 22.4 Å². The van der Waals surface area contributed by atoms with Gasteiger partial charge in [-0.25, -0.2) is 0 Å². The molecule has 0 aliphatic carbocycles. The first-order chi connectivity index (χ1) is 10.7. The summed E-state index contributed by atoms with van der Waals surface area (Å²) in [7, 11) is 1.65. The number of anilines is 1. The van der Waals surface area contributed by atoms with E-state index in [1.165, 1.54) is 6.92 Å². The van der Waals surface area contributed by atoms with Crippen molar-refractivity contribution in [3.8, 4) is 16.9 Å². The minimum Gasteiger partial charge on any atom is -0.497 e. The molecule has 22 heavy (non-hydrogen) atoms. The Morgan fingerprint density at radius 3 is 2.27 bits per heavy atom. The first kappa shape index (κ1) is 14.1. The first-order valence-corrected chi connectivity index (χ1v) is 7.13. The molecule has 3 aromatic rings. The number of carbonyl (C=O) groups excluding carboxylic acids is 1. The van der Waals surface area contributed by atoms with Crippen LogP contribution >= 0.6 is 0 Å². The molecular formula is C19H17NO2. The average molecular weight is 291 g/mol. The van der Waals surface area contributed by atoms with Crippen molar-refractivity contribution in [2.75, 3.05) is 12.4 Å². The summed E-state index contributed by atoms with van der Waals surface area (Å²) in [6, 6.07) is 20.0. The Bertz CT molecular complexity index is 817. The molecule has 3 aromatic carbocycles. The molecule has 0 atom stereocenters. The third-order valence-electron chi connectivity index (χ3n) is 3.62. The number of hydrogen-bond donors (Lipinski definition) is 1. The van der Waals surface area contributed by atoms with Crippen molar-refractivity contribution in [3.05, 3.63) is 60.7 Å². The smallest absolute Gasteiger partial charge is 0.221 e. The number of benzene rings is 3. The van der Waals surface area contributed by atoms with Gasteiger partial charge in [0.1, 0.15) is 5.75 Å². The van der Waals surface area contributed by atoms with E-state index < -0.39 is 0 Å². The molecule has 0 aliphatic heterocycles. The predicted octanol–water partition coefficient (Wildman–Crippen LogP) is 4.47. The Labute approximate surface area is 129 Å². The lowest BCUT2D eigenvalue weighted by Gasteiger charge is -2.12. The standard InChI is InChI=1S/C19H17NO2/c1-13(21)20-18-8-4-6-15-5-3-7-17(19(15)18)14-9-11-16(22-2)12-10-14/h3-12H,1-2H3,(H,20,21). The fourth-order valence-corrected chi connectivity index (χ4v) is 2.65. The molecule has 0 aliphatic rings. The molecule has 3 rings (SSSR count). The highest BCUT2D eigenvalue weighted by atomic mass is 16.5. The Hall–Kier alpha value is -2.81. The number of methoxy groups -OCH3 is 1. The molecule has 0 unspecified atom stereocenters. The monoisotopic (exact) mass is 291 g/mol. The molecule has 0 fully saturated rings. The van der Waals surface area contributed by atoms with Crippen LogP contribution in [0.25, 0.3) is 21.9 Å². The van der Waals surface area contributed by atoms with Crippen LogP contribution in [-0.2, 0) is 4.79 Å². The zero-order chi connectivity index (χ0) is 15.5. The molecule has 0 radical (unpaired) electrons. The van der Waals surface area contributed by atoms with Crippen molar-refractivity contribution in [1.29, 1.82) is 0 Å². The van der Waals surface area contributed by atoms with Gasteiger partial charge in [0.2, 0.25) is 5.91 Å². The van der Waals surface area contributed by atoms with Crippen molar-refractivity contribution < 1.29 is 9.53 Å². The Morgan fingerprint density at radius 2 is 1.64 bits per heavy atom. The van der Waals surface area contributed by atoms with Crippen LogP contribution in [0.4, 0.5) is 5.69 Å². The fraction of sp³-hybridized carbons (Fsp3) is 0.105. The predicted molar refractivity (Wildman–Crippen MR) is 90.2 cm³/mol. The molecule has 3 heteroatoms. The van der Waals surface area contributed by atoms with E-state index in [1.807, 2.05) is 54.6 Å². The van der Waals surface area contributed by atoms with Gasteiger partial charge in [-0.2, -0.15) is 0 Å². The lowest BCUT2D eigenvalue weighted by Crippen LogP contribution is -2.06. The summed E-state index contributed by atoms with van der Waals surface area (Å²) in [4.78, 5) is 11.5. The van der Waals surface area contributed by atoms with E-state index in [2.05, 4.69) is 11.4 Å². The van der Waals surface area contributed by atoms with Crippen molar-refractivity contribution in [1.82, 2.24) is 0 Å². The second-order valence-electron chi connectivity index (χ2n) is 5.12. The van der Waals surface area contributed by atoms with Gasteiger partial charge in [0.25, 0.3) is 0 Å². The number of hydrogen-bond acceptors (Lipinski definition) is 2. The zero-order valence-corrected chi connectivity index (χ0v) is 12.6. The number of fused-ring (bicyclic) bond motifs is 1. The highest BCUT2D eigenvalue weighted by Crippen LogP contribution is 2.34. The fourth-order valence-electron chi connectivity index (χ4n) is 2.65. The molecule has 0 spiro atoms. The van der Waals surface area contributed by atoms with Crippen LogP contribution in [0.3, 0.4) is 0 Å². The molecular weight excluding hydrogens is 274 g/mol. The molecule has 0 bridgehead atoms. The van der Waals surface area contributed by atoms with Crippen LogP contribution in [0, 0.1) is 0 Å². The Kier molecular flexibility index (Phi) is 3.79. The van der Waals surface area contributed by atoms with E-state index in [4.69, 9.17) is 4.74 Å². The van der Waals surface area contributed by atoms with Gasteiger partial charge < -0.3 is 10.1 Å². The van der Waals surface area contributed by atoms with Crippen molar-refractivity contribution in [2.24, 2.45) is 0 Å². The second kappa shape index (κ2) is 5.90. The molecule has 0 saturated heterocycles. The minimum atomic E-state index is -0.0722. The first-order valence-electron chi connectivity index (χ1n) is 7.13. The van der Waals surface area contributed by atoms with Crippen LogP contribution in [0.1, 0.15) is 6.92 Å². The van der Waals surface area contributed by atoms with Crippen LogP contribution in [0.2, 0.25) is 0 Å². The maximum atomic E-state index is 11.5. The number of nitrogens with one attached hydrogen (secondary N) is 1. The summed E-state index contributed by atoms with van der Waals surface area (Å²) in [5, 5.41) is 5.06. The Balaban J connectivity index is 2.21. The molecule has 1 amide bonds. The van der Waals surface area contributed by atoms with E-state index in [-0.39, 0.29) is 5.91 Å². The maximum absolute atomic E-state index is 11.5. The molecule has 1 N–H and O–H groups in total. The lowest BCUT2D eigenvalue weighted by molar-refractivity contribution is -0.114.